The van der Waals surface area contributed by atoms with Crippen molar-refractivity contribution in [3.05, 3.63) is 29.3 Å². The Labute approximate surface area is 193 Å². The molecule has 0 unspecified atom stereocenters. The molecular formula is C25H40N4O3. The molecule has 178 valence electrons. The number of nitrogens with zero attached hydrogens (tertiary/aromatic N) is 3. The first-order chi connectivity index (χ1) is 15.4. The van der Waals surface area contributed by atoms with E-state index >= 15 is 0 Å². The van der Waals surface area contributed by atoms with Crippen molar-refractivity contribution >= 4 is 11.9 Å². The lowest BCUT2D eigenvalue weighted by atomic mass is 10.0. The molecule has 0 spiro atoms. The summed E-state index contributed by atoms with van der Waals surface area (Å²) < 4.78 is 5.86. The Balaban J connectivity index is 1.54. The molecule has 0 radical (unpaired) electrons. The fourth-order valence-electron chi connectivity index (χ4n) is 4.67. The molecule has 0 bridgehead atoms. The summed E-state index contributed by atoms with van der Waals surface area (Å²) in [4.78, 5) is 31.6. The van der Waals surface area contributed by atoms with Crippen LogP contribution in [0.15, 0.2) is 18.2 Å². The third-order valence-electron chi connectivity index (χ3n) is 6.56. The molecule has 1 saturated heterocycles. The number of amides is 3. The van der Waals surface area contributed by atoms with E-state index in [9.17, 15) is 9.59 Å². The van der Waals surface area contributed by atoms with Crippen LogP contribution < -0.4 is 10.1 Å². The molecule has 1 aromatic rings. The maximum Gasteiger partial charge on any atom is 0.318 e. The number of benzene rings is 1. The zero-order valence-electron chi connectivity index (χ0n) is 20.2. The number of hydrogen-bond donors (Lipinski definition) is 1. The second-order valence-electron chi connectivity index (χ2n) is 9.20. The number of piperazine rings is 1. The van der Waals surface area contributed by atoms with E-state index in [4.69, 9.17) is 4.74 Å². The molecule has 0 saturated carbocycles. The van der Waals surface area contributed by atoms with E-state index in [2.05, 4.69) is 30.1 Å². The van der Waals surface area contributed by atoms with E-state index in [1.165, 1.54) is 12.8 Å². The average Bonchev–Trinajstić information content (AvgIpc) is 3.00. The summed E-state index contributed by atoms with van der Waals surface area (Å²) in [6, 6.07) is 6.78. The molecule has 3 amide bonds. The summed E-state index contributed by atoms with van der Waals surface area (Å²) in [6.07, 6.45) is 3.56. The van der Waals surface area contributed by atoms with Gasteiger partial charge in [-0.15, -0.1) is 0 Å². The van der Waals surface area contributed by atoms with E-state index in [0.717, 1.165) is 43.1 Å². The molecule has 2 aliphatic rings. The van der Waals surface area contributed by atoms with E-state index in [1.807, 2.05) is 30.9 Å². The quantitative estimate of drug-likeness (QED) is 0.701. The maximum absolute atomic E-state index is 12.8. The first kappa shape index (κ1) is 24.4. The standard InChI is InChI=1S/C25H40N4O3/c1-5-22(6-2)27-11-13-28(14-12-27)24(30)10-8-20-7-9-23-21(17-20)18-29(15-16-32-23)25(31)26-19(3)4/h7,9,17,19,22H,5-6,8,10-16,18H2,1-4H3,(H,26,31). The molecule has 2 aliphatic heterocycles. The highest BCUT2D eigenvalue weighted by molar-refractivity contribution is 5.76. The number of urea groups is 1. The van der Waals surface area contributed by atoms with Crippen molar-refractivity contribution in [2.24, 2.45) is 0 Å². The molecule has 0 aromatic heterocycles. The Kier molecular flexibility index (Phi) is 8.79. The van der Waals surface area contributed by atoms with Crippen molar-refractivity contribution < 1.29 is 14.3 Å². The number of aryl methyl sites for hydroxylation is 1. The van der Waals surface area contributed by atoms with Gasteiger partial charge in [-0.2, -0.15) is 0 Å². The van der Waals surface area contributed by atoms with Gasteiger partial charge < -0.3 is 19.9 Å². The van der Waals surface area contributed by atoms with Crippen LogP contribution >= 0.6 is 0 Å². The van der Waals surface area contributed by atoms with E-state index in [0.29, 0.717) is 38.6 Å². The van der Waals surface area contributed by atoms with Gasteiger partial charge in [0.1, 0.15) is 12.4 Å². The summed E-state index contributed by atoms with van der Waals surface area (Å²) >= 11 is 0. The Hall–Kier alpha value is -2.28. The maximum atomic E-state index is 12.8. The highest BCUT2D eigenvalue weighted by Crippen LogP contribution is 2.25. The first-order valence-electron chi connectivity index (χ1n) is 12.2. The van der Waals surface area contributed by atoms with Crippen molar-refractivity contribution in [1.82, 2.24) is 20.0 Å². The molecule has 32 heavy (non-hydrogen) atoms. The normalized spacial score (nSPS) is 17.2. The number of rotatable bonds is 7. The number of carbonyl (C=O) groups is 2. The third kappa shape index (κ3) is 6.37. The van der Waals surface area contributed by atoms with Gasteiger partial charge in [0, 0.05) is 50.2 Å². The molecule has 0 aliphatic carbocycles. The lowest BCUT2D eigenvalue weighted by Crippen LogP contribution is -2.51. The van der Waals surface area contributed by atoms with Crippen molar-refractivity contribution in [2.75, 3.05) is 39.3 Å². The molecule has 0 atom stereocenters. The predicted octanol–water partition coefficient (Wildman–Crippen LogP) is 3.26. The number of hydrogen-bond acceptors (Lipinski definition) is 4. The lowest BCUT2D eigenvalue weighted by molar-refractivity contribution is -0.133. The van der Waals surface area contributed by atoms with Crippen LogP contribution in [0.4, 0.5) is 4.79 Å². The van der Waals surface area contributed by atoms with Gasteiger partial charge in [0.05, 0.1) is 13.1 Å². The van der Waals surface area contributed by atoms with Crippen LogP contribution in [0.2, 0.25) is 0 Å². The van der Waals surface area contributed by atoms with Crippen LogP contribution in [0.1, 0.15) is 58.1 Å². The molecule has 7 nitrogen and oxygen atoms in total. The Morgan fingerprint density at radius 1 is 1.03 bits per heavy atom. The molecular weight excluding hydrogens is 404 g/mol. The van der Waals surface area contributed by atoms with Crippen LogP contribution in [-0.2, 0) is 17.8 Å². The van der Waals surface area contributed by atoms with Crippen molar-refractivity contribution in [3.63, 3.8) is 0 Å². The van der Waals surface area contributed by atoms with E-state index in [-0.39, 0.29) is 18.0 Å². The van der Waals surface area contributed by atoms with Crippen LogP contribution in [0.3, 0.4) is 0 Å². The van der Waals surface area contributed by atoms with Crippen LogP contribution in [-0.4, -0.2) is 78.1 Å². The SMILES string of the molecule is CCC(CC)N1CCN(C(=O)CCc2ccc3c(c2)CN(C(=O)NC(C)C)CCO3)CC1. The zero-order chi connectivity index (χ0) is 23.1. The highest BCUT2D eigenvalue weighted by Gasteiger charge is 2.25. The van der Waals surface area contributed by atoms with Gasteiger partial charge >= 0.3 is 6.03 Å². The fourth-order valence-corrected chi connectivity index (χ4v) is 4.67. The van der Waals surface area contributed by atoms with Gasteiger partial charge in [0.25, 0.3) is 0 Å². The van der Waals surface area contributed by atoms with Crippen molar-refractivity contribution in [2.45, 2.75) is 72.0 Å². The number of fused-ring (bicyclic) bond motifs is 1. The Bertz CT molecular complexity index is 770. The highest BCUT2D eigenvalue weighted by atomic mass is 16.5. The molecule has 1 fully saturated rings. The second-order valence-corrected chi connectivity index (χ2v) is 9.20. The minimum Gasteiger partial charge on any atom is -0.491 e. The average molecular weight is 445 g/mol. The van der Waals surface area contributed by atoms with Crippen LogP contribution in [0.25, 0.3) is 0 Å². The third-order valence-corrected chi connectivity index (χ3v) is 6.56. The topological polar surface area (TPSA) is 65.1 Å². The largest absolute Gasteiger partial charge is 0.491 e. The number of ether oxygens (including phenoxy) is 1. The van der Waals surface area contributed by atoms with Gasteiger partial charge in [-0.25, -0.2) is 4.79 Å². The van der Waals surface area contributed by atoms with E-state index in [1.54, 1.807) is 4.90 Å². The minimum atomic E-state index is -0.0652. The number of nitrogens with one attached hydrogen (secondary N) is 1. The minimum absolute atomic E-state index is 0.0652. The zero-order valence-corrected chi connectivity index (χ0v) is 20.2. The predicted molar refractivity (Wildman–Crippen MR) is 127 cm³/mol. The molecule has 3 rings (SSSR count). The fraction of sp³-hybridized carbons (Fsp3) is 0.680. The van der Waals surface area contributed by atoms with Crippen molar-refractivity contribution in [3.8, 4) is 5.75 Å². The van der Waals surface area contributed by atoms with Gasteiger partial charge in [0.15, 0.2) is 0 Å². The molecule has 2 heterocycles. The summed E-state index contributed by atoms with van der Waals surface area (Å²) in [7, 11) is 0. The van der Waals surface area contributed by atoms with Gasteiger partial charge in [0.2, 0.25) is 5.91 Å². The van der Waals surface area contributed by atoms with Gasteiger partial charge in [-0.3, -0.25) is 9.69 Å². The monoisotopic (exact) mass is 444 g/mol. The summed E-state index contributed by atoms with van der Waals surface area (Å²) in [5, 5.41) is 2.96. The lowest BCUT2D eigenvalue weighted by Gasteiger charge is -2.39. The Morgan fingerprint density at radius 2 is 1.75 bits per heavy atom. The first-order valence-corrected chi connectivity index (χ1v) is 12.2. The van der Waals surface area contributed by atoms with E-state index < -0.39 is 0 Å². The smallest absolute Gasteiger partial charge is 0.318 e. The summed E-state index contributed by atoms with van der Waals surface area (Å²) in [6.45, 7) is 13.6. The van der Waals surface area contributed by atoms with Crippen LogP contribution in [0, 0.1) is 0 Å². The van der Waals surface area contributed by atoms with Gasteiger partial charge in [-0.1, -0.05) is 26.0 Å². The molecule has 1 N–H and O–H groups in total. The number of carbonyl (C=O) groups excluding carboxylic acids is 2. The summed E-state index contributed by atoms with van der Waals surface area (Å²) in [5.41, 5.74) is 2.12. The second kappa shape index (κ2) is 11.5. The van der Waals surface area contributed by atoms with Gasteiger partial charge in [-0.05, 0) is 44.7 Å². The Morgan fingerprint density at radius 3 is 2.41 bits per heavy atom. The van der Waals surface area contributed by atoms with Crippen LogP contribution in [0.5, 0.6) is 5.75 Å². The summed E-state index contributed by atoms with van der Waals surface area (Å²) in [5.74, 6) is 1.07. The molecule has 7 heteroatoms. The van der Waals surface area contributed by atoms with Crippen molar-refractivity contribution in [1.29, 1.82) is 0 Å². The molecule has 1 aromatic carbocycles.